The van der Waals surface area contributed by atoms with Gasteiger partial charge in [0.25, 0.3) is 5.69 Å². The summed E-state index contributed by atoms with van der Waals surface area (Å²) in [6, 6.07) is 3.94. The Balaban J connectivity index is 1.70. The Bertz CT molecular complexity index is 848. The van der Waals surface area contributed by atoms with Crippen molar-refractivity contribution in [2.45, 2.75) is 0 Å². The van der Waals surface area contributed by atoms with Crippen LogP contribution in [0.1, 0.15) is 15.9 Å². The van der Waals surface area contributed by atoms with Gasteiger partial charge in [0.2, 0.25) is 5.95 Å². The lowest BCUT2D eigenvalue weighted by Gasteiger charge is -2.26. The lowest BCUT2D eigenvalue weighted by Crippen LogP contribution is -2.37. The van der Waals surface area contributed by atoms with Gasteiger partial charge in [-0.25, -0.2) is 9.97 Å². The third kappa shape index (κ3) is 4.22. The number of anilines is 1. The highest BCUT2D eigenvalue weighted by Crippen LogP contribution is 2.25. The third-order valence-electron chi connectivity index (χ3n) is 3.81. The topological polar surface area (TPSA) is 98.5 Å². The van der Waals surface area contributed by atoms with Crippen LogP contribution in [0, 0.1) is 10.1 Å². The average molecular weight is 375 g/mol. The maximum absolute atomic E-state index is 12.2. The molecule has 0 saturated carbocycles. The molecular formula is C17H15ClN4O4. The minimum absolute atomic E-state index is 0.0115. The largest absolute Gasteiger partial charge is 0.378 e. The maximum Gasteiger partial charge on any atom is 0.288 e. The number of aromatic nitrogens is 2. The molecule has 1 aliphatic rings. The summed E-state index contributed by atoms with van der Waals surface area (Å²) in [5, 5.41) is 10.9. The molecule has 9 heteroatoms. The molecule has 1 fully saturated rings. The molecule has 0 radical (unpaired) electrons. The van der Waals surface area contributed by atoms with E-state index in [4.69, 9.17) is 16.3 Å². The molecule has 0 bridgehead atoms. The van der Waals surface area contributed by atoms with Crippen molar-refractivity contribution in [1.29, 1.82) is 0 Å². The average Bonchev–Trinajstić information content (AvgIpc) is 2.67. The molecule has 3 rings (SSSR count). The van der Waals surface area contributed by atoms with E-state index in [1.165, 1.54) is 18.2 Å². The fourth-order valence-electron chi connectivity index (χ4n) is 2.42. The van der Waals surface area contributed by atoms with Gasteiger partial charge < -0.3 is 9.64 Å². The highest BCUT2D eigenvalue weighted by atomic mass is 35.5. The summed E-state index contributed by atoms with van der Waals surface area (Å²) in [6.07, 6.45) is 6.11. The lowest BCUT2D eigenvalue weighted by molar-refractivity contribution is -0.384. The first-order chi connectivity index (χ1) is 12.5. The van der Waals surface area contributed by atoms with Gasteiger partial charge in [-0.15, -0.1) is 0 Å². The van der Waals surface area contributed by atoms with E-state index in [0.29, 0.717) is 24.7 Å². The molecule has 0 aliphatic carbocycles. The van der Waals surface area contributed by atoms with E-state index in [1.807, 2.05) is 4.90 Å². The number of nitro groups is 1. The second-order valence-electron chi connectivity index (χ2n) is 5.54. The maximum atomic E-state index is 12.2. The normalized spacial score (nSPS) is 14.6. The smallest absolute Gasteiger partial charge is 0.288 e. The summed E-state index contributed by atoms with van der Waals surface area (Å²) < 4.78 is 5.29. The molecule has 0 N–H and O–H groups in total. The zero-order chi connectivity index (χ0) is 18.5. The Morgan fingerprint density at radius 2 is 1.96 bits per heavy atom. The Hall–Kier alpha value is -2.84. The summed E-state index contributed by atoms with van der Waals surface area (Å²) in [6.45, 7) is 2.77. The first-order valence-electron chi connectivity index (χ1n) is 7.85. The molecule has 1 saturated heterocycles. The number of benzene rings is 1. The molecule has 2 aromatic rings. The van der Waals surface area contributed by atoms with Crippen LogP contribution in [-0.4, -0.2) is 47.0 Å². The molecule has 134 valence electrons. The lowest BCUT2D eigenvalue weighted by atomic mass is 10.1. The molecular weight excluding hydrogens is 360 g/mol. The highest BCUT2D eigenvalue weighted by Gasteiger charge is 2.15. The monoisotopic (exact) mass is 374 g/mol. The van der Waals surface area contributed by atoms with Crippen molar-refractivity contribution in [3.8, 4) is 0 Å². The molecule has 8 nitrogen and oxygen atoms in total. The predicted octanol–water partition coefficient (Wildman–Crippen LogP) is 2.77. The van der Waals surface area contributed by atoms with E-state index >= 15 is 0 Å². The molecule has 2 heterocycles. The number of rotatable bonds is 5. The van der Waals surface area contributed by atoms with Crippen molar-refractivity contribution in [3.05, 3.63) is 62.9 Å². The molecule has 1 aromatic carbocycles. The number of ether oxygens (including phenoxy) is 1. The molecule has 0 atom stereocenters. The second-order valence-corrected chi connectivity index (χ2v) is 5.94. The summed E-state index contributed by atoms with van der Waals surface area (Å²) in [5.41, 5.74) is 0.533. The van der Waals surface area contributed by atoms with Crippen LogP contribution in [0.5, 0.6) is 0 Å². The van der Waals surface area contributed by atoms with Crippen LogP contribution in [0.3, 0.4) is 0 Å². The summed E-state index contributed by atoms with van der Waals surface area (Å²) in [5.74, 6) is 0.243. The number of morpholine rings is 1. The van der Waals surface area contributed by atoms with E-state index in [2.05, 4.69) is 9.97 Å². The van der Waals surface area contributed by atoms with Crippen LogP contribution in [0.15, 0.2) is 36.7 Å². The Labute approximate surface area is 154 Å². The number of allylic oxidation sites excluding steroid dienone is 1. The van der Waals surface area contributed by atoms with Gasteiger partial charge in [-0.05, 0) is 24.3 Å². The Morgan fingerprint density at radius 1 is 1.27 bits per heavy atom. The fraction of sp³-hybridized carbons (Fsp3) is 0.235. The van der Waals surface area contributed by atoms with E-state index in [1.54, 1.807) is 18.5 Å². The van der Waals surface area contributed by atoms with Crippen molar-refractivity contribution in [1.82, 2.24) is 9.97 Å². The fourth-order valence-corrected chi connectivity index (χ4v) is 2.60. The minimum atomic E-state index is -0.624. The standard InChI is InChI=1S/C17H15ClN4O4/c18-14-3-2-13(9-15(14)22(24)25)16(23)4-1-12-10-19-17(20-11-12)21-5-7-26-8-6-21/h1-4,9-11H,5-8H2/b4-1+. The molecule has 0 unspecified atom stereocenters. The van der Waals surface area contributed by atoms with E-state index in [0.717, 1.165) is 19.2 Å². The number of ketones is 1. The van der Waals surface area contributed by atoms with E-state index < -0.39 is 4.92 Å². The van der Waals surface area contributed by atoms with Crippen LogP contribution in [-0.2, 0) is 4.74 Å². The molecule has 1 aliphatic heterocycles. The highest BCUT2D eigenvalue weighted by molar-refractivity contribution is 6.32. The Kier molecular flexibility index (Phi) is 5.55. The SMILES string of the molecule is O=C(/C=C/c1cnc(N2CCOCC2)nc1)c1ccc(Cl)c([N+](=O)[O-])c1. The van der Waals surface area contributed by atoms with Crippen molar-refractivity contribution in [2.24, 2.45) is 0 Å². The molecule has 0 spiro atoms. The van der Waals surface area contributed by atoms with Crippen molar-refractivity contribution >= 4 is 35.1 Å². The number of halogens is 1. The van der Waals surface area contributed by atoms with Crippen LogP contribution in [0.25, 0.3) is 6.08 Å². The van der Waals surface area contributed by atoms with Crippen molar-refractivity contribution < 1.29 is 14.5 Å². The van der Waals surface area contributed by atoms with Gasteiger partial charge in [-0.1, -0.05) is 11.6 Å². The number of nitro benzene ring substituents is 1. The van der Waals surface area contributed by atoms with Gasteiger partial charge in [-0.3, -0.25) is 14.9 Å². The van der Waals surface area contributed by atoms with Crippen LogP contribution in [0.2, 0.25) is 5.02 Å². The van der Waals surface area contributed by atoms with Crippen molar-refractivity contribution in [3.63, 3.8) is 0 Å². The third-order valence-corrected chi connectivity index (χ3v) is 4.13. The predicted molar refractivity (Wildman–Crippen MR) is 96.5 cm³/mol. The Morgan fingerprint density at radius 3 is 2.62 bits per heavy atom. The molecule has 0 amide bonds. The van der Waals surface area contributed by atoms with Gasteiger partial charge in [0.1, 0.15) is 5.02 Å². The number of hydrogen-bond donors (Lipinski definition) is 0. The zero-order valence-electron chi connectivity index (χ0n) is 13.7. The van der Waals surface area contributed by atoms with Crippen LogP contribution in [0.4, 0.5) is 11.6 Å². The quantitative estimate of drug-likeness (QED) is 0.343. The van der Waals surface area contributed by atoms with Gasteiger partial charge in [0.15, 0.2) is 5.78 Å². The van der Waals surface area contributed by atoms with E-state index in [9.17, 15) is 14.9 Å². The number of carbonyl (C=O) groups excluding carboxylic acids is 1. The van der Waals surface area contributed by atoms with Gasteiger partial charge in [-0.2, -0.15) is 0 Å². The first-order valence-corrected chi connectivity index (χ1v) is 8.23. The summed E-state index contributed by atoms with van der Waals surface area (Å²) in [4.78, 5) is 33.1. The van der Waals surface area contributed by atoms with Gasteiger partial charge >= 0.3 is 0 Å². The second kappa shape index (κ2) is 8.03. The summed E-state index contributed by atoms with van der Waals surface area (Å²) >= 11 is 5.75. The first kappa shape index (κ1) is 18.0. The van der Waals surface area contributed by atoms with Crippen LogP contribution < -0.4 is 4.90 Å². The van der Waals surface area contributed by atoms with Crippen LogP contribution >= 0.6 is 11.6 Å². The van der Waals surface area contributed by atoms with Gasteiger partial charge in [0.05, 0.1) is 18.1 Å². The van der Waals surface area contributed by atoms with Crippen molar-refractivity contribution in [2.75, 3.05) is 31.2 Å². The zero-order valence-corrected chi connectivity index (χ0v) is 14.4. The number of hydrogen-bond acceptors (Lipinski definition) is 7. The summed E-state index contributed by atoms with van der Waals surface area (Å²) in [7, 11) is 0. The number of nitrogens with zero attached hydrogens (tertiary/aromatic N) is 4. The molecule has 1 aromatic heterocycles. The number of carbonyl (C=O) groups is 1. The minimum Gasteiger partial charge on any atom is -0.378 e. The van der Waals surface area contributed by atoms with Gasteiger partial charge in [0, 0.05) is 42.7 Å². The molecule has 26 heavy (non-hydrogen) atoms. The van der Waals surface area contributed by atoms with E-state index in [-0.39, 0.29) is 22.1 Å².